The highest BCUT2D eigenvalue weighted by Gasteiger charge is 2.27. The number of benzene rings is 3. The second kappa shape index (κ2) is 11.6. The third-order valence-corrected chi connectivity index (χ3v) is 6.88. The van der Waals surface area contributed by atoms with Gasteiger partial charge in [0.2, 0.25) is 0 Å². The third-order valence-electron chi connectivity index (χ3n) is 4.86. The number of hydrogen-bond donors (Lipinski definition) is 1. The van der Waals surface area contributed by atoms with Gasteiger partial charge in [0.15, 0.2) is 11.5 Å². The van der Waals surface area contributed by atoms with Crippen LogP contribution in [0.25, 0.3) is 0 Å². The fraction of sp³-hybridized carbons (Fsp3) is 0.167. The van der Waals surface area contributed by atoms with Crippen LogP contribution in [0.3, 0.4) is 0 Å². The summed E-state index contributed by atoms with van der Waals surface area (Å²) in [5.41, 5.74) is 3.14. The predicted octanol–water partition coefficient (Wildman–Crippen LogP) is 3.71. The molecule has 35 heavy (non-hydrogen) atoms. The normalized spacial score (nSPS) is 11.2. The number of methoxy groups -OCH3 is 3. The molecule has 0 saturated heterocycles. The Kier molecular flexibility index (Phi) is 8.56. The average Bonchev–Trinajstić information content (AvgIpc) is 2.87. The van der Waals surface area contributed by atoms with Gasteiger partial charge in [-0.25, -0.2) is 13.8 Å². The average molecular weight is 518 g/mol. The summed E-state index contributed by atoms with van der Waals surface area (Å²) in [5, 5.41) is 4.26. The lowest BCUT2D eigenvalue weighted by Crippen LogP contribution is -2.39. The van der Waals surface area contributed by atoms with E-state index >= 15 is 0 Å². The van der Waals surface area contributed by atoms with Crippen molar-refractivity contribution in [2.24, 2.45) is 5.10 Å². The Morgan fingerprint density at radius 1 is 1.00 bits per heavy atom. The number of sulfonamides is 1. The van der Waals surface area contributed by atoms with Gasteiger partial charge < -0.3 is 14.2 Å². The Labute approximate surface area is 208 Å². The molecule has 0 radical (unpaired) electrons. The maximum absolute atomic E-state index is 13.4. The summed E-state index contributed by atoms with van der Waals surface area (Å²) >= 11 is 6.08. The summed E-state index contributed by atoms with van der Waals surface area (Å²) in [4.78, 5) is 12.7. The molecule has 0 aliphatic rings. The molecule has 0 fully saturated rings. The van der Waals surface area contributed by atoms with Crippen LogP contribution in [0.2, 0.25) is 5.02 Å². The van der Waals surface area contributed by atoms with Gasteiger partial charge in [0.1, 0.15) is 12.3 Å². The maximum Gasteiger partial charge on any atom is 0.264 e. The van der Waals surface area contributed by atoms with Crippen molar-refractivity contribution in [2.45, 2.75) is 4.90 Å². The van der Waals surface area contributed by atoms with Gasteiger partial charge in [0.05, 0.1) is 38.1 Å². The number of para-hydroxylation sites is 1. The molecule has 0 spiro atoms. The van der Waals surface area contributed by atoms with Crippen LogP contribution in [0.4, 0.5) is 5.69 Å². The summed E-state index contributed by atoms with van der Waals surface area (Å²) in [5.74, 6) is 0.773. The minimum absolute atomic E-state index is 0.0179. The van der Waals surface area contributed by atoms with Crippen molar-refractivity contribution >= 4 is 39.4 Å². The van der Waals surface area contributed by atoms with E-state index in [9.17, 15) is 13.2 Å². The van der Waals surface area contributed by atoms with Crippen LogP contribution in [0.1, 0.15) is 5.56 Å². The first kappa shape index (κ1) is 25.9. The van der Waals surface area contributed by atoms with Crippen LogP contribution in [-0.4, -0.2) is 48.4 Å². The number of hydrogen-bond acceptors (Lipinski definition) is 7. The summed E-state index contributed by atoms with van der Waals surface area (Å²) in [7, 11) is 0.357. The minimum Gasteiger partial charge on any atom is -0.497 e. The van der Waals surface area contributed by atoms with Crippen molar-refractivity contribution in [3.8, 4) is 17.2 Å². The highest BCUT2D eigenvalue weighted by Crippen LogP contribution is 2.29. The lowest BCUT2D eigenvalue weighted by atomic mass is 10.2. The van der Waals surface area contributed by atoms with E-state index in [1.54, 1.807) is 36.4 Å². The largest absolute Gasteiger partial charge is 0.497 e. The van der Waals surface area contributed by atoms with Crippen molar-refractivity contribution < 1.29 is 27.4 Å². The van der Waals surface area contributed by atoms with E-state index < -0.39 is 22.5 Å². The monoisotopic (exact) mass is 517 g/mol. The Hall–Kier alpha value is -3.76. The maximum atomic E-state index is 13.4. The van der Waals surface area contributed by atoms with Gasteiger partial charge in [0, 0.05) is 10.6 Å². The molecule has 3 aromatic rings. The van der Waals surface area contributed by atoms with E-state index in [0.29, 0.717) is 27.8 Å². The number of hydrazone groups is 1. The molecular weight excluding hydrogens is 494 g/mol. The molecule has 0 aliphatic carbocycles. The summed E-state index contributed by atoms with van der Waals surface area (Å²) in [6.45, 7) is -0.540. The number of nitrogens with zero attached hydrogens (tertiary/aromatic N) is 2. The number of halogens is 1. The van der Waals surface area contributed by atoms with Gasteiger partial charge in [-0.15, -0.1) is 0 Å². The molecule has 0 saturated carbocycles. The number of anilines is 1. The van der Waals surface area contributed by atoms with Gasteiger partial charge in [-0.1, -0.05) is 23.7 Å². The molecule has 9 nitrogen and oxygen atoms in total. The Morgan fingerprint density at radius 2 is 1.71 bits per heavy atom. The highest BCUT2D eigenvalue weighted by atomic mass is 35.5. The molecule has 0 unspecified atom stereocenters. The number of carbonyl (C=O) groups excluding carboxylic acids is 1. The zero-order chi connectivity index (χ0) is 25.4. The van der Waals surface area contributed by atoms with Crippen molar-refractivity contribution in [1.29, 1.82) is 0 Å². The fourth-order valence-electron chi connectivity index (χ4n) is 3.17. The summed E-state index contributed by atoms with van der Waals surface area (Å²) in [6.07, 6.45) is 1.38. The molecule has 0 heterocycles. The van der Waals surface area contributed by atoms with Crippen molar-refractivity contribution in [3.05, 3.63) is 77.3 Å². The third kappa shape index (κ3) is 6.23. The van der Waals surface area contributed by atoms with Gasteiger partial charge in [-0.05, 0) is 54.6 Å². The molecule has 3 aromatic carbocycles. The number of carbonyl (C=O) groups is 1. The summed E-state index contributed by atoms with van der Waals surface area (Å²) < 4.78 is 43.5. The molecular formula is C24H24ClN3O6S. The molecule has 0 aromatic heterocycles. The molecule has 1 amide bonds. The van der Waals surface area contributed by atoms with E-state index in [1.807, 2.05) is 0 Å². The van der Waals surface area contributed by atoms with Gasteiger partial charge in [0.25, 0.3) is 15.9 Å². The van der Waals surface area contributed by atoms with Crippen molar-refractivity contribution in [3.63, 3.8) is 0 Å². The van der Waals surface area contributed by atoms with Crippen LogP contribution >= 0.6 is 11.6 Å². The molecule has 184 valence electrons. The van der Waals surface area contributed by atoms with Crippen molar-refractivity contribution in [2.75, 3.05) is 32.2 Å². The van der Waals surface area contributed by atoms with E-state index in [4.69, 9.17) is 25.8 Å². The fourth-order valence-corrected chi connectivity index (χ4v) is 4.77. The van der Waals surface area contributed by atoms with Crippen LogP contribution in [0.5, 0.6) is 17.2 Å². The van der Waals surface area contributed by atoms with Crippen molar-refractivity contribution in [1.82, 2.24) is 5.43 Å². The molecule has 0 aliphatic heterocycles. The van der Waals surface area contributed by atoms with Gasteiger partial charge in [-0.3, -0.25) is 9.10 Å². The van der Waals surface area contributed by atoms with Crippen LogP contribution in [0.15, 0.2) is 76.7 Å². The molecule has 0 atom stereocenters. The second-order valence-corrected chi connectivity index (χ2v) is 9.34. The summed E-state index contributed by atoms with van der Waals surface area (Å²) in [6, 6.07) is 17.2. The zero-order valence-electron chi connectivity index (χ0n) is 19.3. The van der Waals surface area contributed by atoms with Crippen LogP contribution in [0, 0.1) is 0 Å². The first-order chi connectivity index (χ1) is 16.8. The van der Waals surface area contributed by atoms with Crippen LogP contribution < -0.4 is 23.9 Å². The Morgan fingerprint density at radius 3 is 2.34 bits per heavy atom. The quantitative estimate of drug-likeness (QED) is 0.324. The smallest absolute Gasteiger partial charge is 0.264 e. The van der Waals surface area contributed by atoms with E-state index in [0.717, 1.165) is 4.31 Å². The van der Waals surface area contributed by atoms with E-state index in [-0.39, 0.29) is 10.6 Å². The predicted molar refractivity (Wildman–Crippen MR) is 134 cm³/mol. The first-order valence-corrected chi connectivity index (χ1v) is 12.1. The van der Waals surface area contributed by atoms with Gasteiger partial charge in [-0.2, -0.15) is 5.10 Å². The molecule has 3 rings (SSSR count). The Balaban J connectivity index is 1.85. The lowest BCUT2D eigenvalue weighted by Gasteiger charge is -2.24. The van der Waals surface area contributed by atoms with E-state index in [2.05, 4.69) is 10.5 Å². The standard InChI is InChI=1S/C24H24ClN3O6S/c1-32-20-10-12-21(13-11-20)35(30,31)28(19-8-5-7-18(25)14-19)16-23(29)27-26-15-17-6-4-9-22(33-2)24(17)34-3/h4-15H,16H2,1-3H3,(H,27,29)/b26-15-. The van der Waals surface area contributed by atoms with E-state index in [1.165, 1.54) is 57.9 Å². The topological polar surface area (TPSA) is 107 Å². The minimum atomic E-state index is -4.12. The SMILES string of the molecule is COc1ccc(S(=O)(=O)N(CC(=O)N/N=C\c2cccc(OC)c2OC)c2cccc(Cl)c2)cc1. The Bertz CT molecular complexity index is 1310. The first-order valence-electron chi connectivity index (χ1n) is 10.3. The number of nitrogens with one attached hydrogen (secondary N) is 1. The number of ether oxygens (including phenoxy) is 3. The second-order valence-electron chi connectivity index (χ2n) is 7.04. The lowest BCUT2D eigenvalue weighted by molar-refractivity contribution is -0.119. The molecule has 0 bridgehead atoms. The number of rotatable bonds is 10. The molecule has 1 N–H and O–H groups in total. The molecule has 11 heteroatoms. The zero-order valence-corrected chi connectivity index (χ0v) is 20.8. The van der Waals surface area contributed by atoms with Crippen LogP contribution in [-0.2, 0) is 14.8 Å². The van der Waals surface area contributed by atoms with Gasteiger partial charge >= 0.3 is 0 Å². The number of amides is 1. The highest BCUT2D eigenvalue weighted by molar-refractivity contribution is 7.92.